The Morgan fingerprint density at radius 2 is 1.64 bits per heavy atom. The number of hydrogen-bond donors (Lipinski definition) is 0. The highest BCUT2D eigenvalue weighted by Crippen LogP contribution is 2.36. The van der Waals surface area contributed by atoms with E-state index in [1.165, 1.54) is 0 Å². The lowest BCUT2D eigenvalue weighted by atomic mass is 9.94. The van der Waals surface area contributed by atoms with Crippen LogP contribution in [0.3, 0.4) is 0 Å². The van der Waals surface area contributed by atoms with E-state index in [1.807, 2.05) is 0 Å². The minimum Gasteiger partial charge on any atom is -0.121 e. The quantitative estimate of drug-likeness (QED) is 0.445. The van der Waals surface area contributed by atoms with E-state index in [4.69, 9.17) is 46.4 Å². The van der Waals surface area contributed by atoms with Crippen LogP contribution in [0.2, 0.25) is 0 Å². The molecule has 1 aliphatic rings. The van der Waals surface area contributed by atoms with E-state index >= 15 is 0 Å². The number of allylic oxidation sites excluding steroid dienone is 1. The van der Waals surface area contributed by atoms with Crippen LogP contribution in [-0.2, 0) is 0 Å². The van der Waals surface area contributed by atoms with Gasteiger partial charge in [-0.1, -0.05) is 12.2 Å². The first-order valence-electron chi connectivity index (χ1n) is 3.28. The van der Waals surface area contributed by atoms with Crippen LogP contribution >= 0.6 is 46.4 Å². The minimum atomic E-state index is -0.304. The van der Waals surface area contributed by atoms with Crippen LogP contribution in [-0.4, -0.2) is 21.5 Å². The van der Waals surface area contributed by atoms with Crippen molar-refractivity contribution in [3.05, 3.63) is 12.2 Å². The molecule has 0 aromatic heterocycles. The normalized spacial score (nSPS) is 46.0. The lowest BCUT2D eigenvalue weighted by molar-refractivity contribution is 0.629. The standard InChI is InChI=1S/C7H8Cl4/c1-3-2-4(8)6(10)7(11)5(3)9/h4-7H,1-2H2. The fourth-order valence-electron chi connectivity index (χ4n) is 1.06. The summed E-state index contributed by atoms with van der Waals surface area (Å²) in [6.45, 7) is 3.77. The highest BCUT2D eigenvalue weighted by Gasteiger charge is 2.37. The maximum Gasteiger partial charge on any atom is 0.0721 e. The summed E-state index contributed by atoms with van der Waals surface area (Å²) in [4.78, 5) is 0. The smallest absolute Gasteiger partial charge is 0.0721 e. The summed E-state index contributed by atoms with van der Waals surface area (Å²) in [5.41, 5.74) is 0.878. The lowest BCUT2D eigenvalue weighted by Gasteiger charge is -2.32. The van der Waals surface area contributed by atoms with Gasteiger partial charge in [-0.25, -0.2) is 0 Å². The van der Waals surface area contributed by atoms with Gasteiger partial charge < -0.3 is 0 Å². The molecule has 0 spiro atoms. The van der Waals surface area contributed by atoms with E-state index in [-0.39, 0.29) is 21.5 Å². The summed E-state index contributed by atoms with van der Waals surface area (Å²) in [6, 6.07) is 0. The maximum absolute atomic E-state index is 5.90. The zero-order chi connectivity index (χ0) is 8.59. The third-order valence-electron chi connectivity index (χ3n) is 1.78. The molecule has 0 nitrogen and oxygen atoms in total. The van der Waals surface area contributed by atoms with Crippen LogP contribution < -0.4 is 0 Å². The van der Waals surface area contributed by atoms with Crippen LogP contribution in [0, 0.1) is 0 Å². The first kappa shape index (κ1) is 9.98. The highest BCUT2D eigenvalue weighted by molar-refractivity contribution is 6.39. The van der Waals surface area contributed by atoms with Crippen molar-refractivity contribution < 1.29 is 0 Å². The van der Waals surface area contributed by atoms with Crippen molar-refractivity contribution in [1.29, 1.82) is 0 Å². The third kappa shape index (κ3) is 1.98. The van der Waals surface area contributed by atoms with Gasteiger partial charge in [0.05, 0.1) is 21.5 Å². The molecule has 0 amide bonds. The molecule has 0 N–H and O–H groups in total. The minimum absolute atomic E-state index is 0.137. The fraction of sp³-hybridized carbons (Fsp3) is 0.714. The van der Waals surface area contributed by atoms with E-state index in [2.05, 4.69) is 6.58 Å². The second-order valence-corrected chi connectivity index (χ2v) is 4.71. The summed E-state index contributed by atoms with van der Waals surface area (Å²) in [5.74, 6) is 0. The van der Waals surface area contributed by atoms with Gasteiger partial charge in [0.25, 0.3) is 0 Å². The second kappa shape index (κ2) is 3.74. The molecule has 0 radical (unpaired) electrons. The fourth-order valence-corrected chi connectivity index (χ4v) is 2.40. The molecule has 4 atom stereocenters. The van der Waals surface area contributed by atoms with Crippen molar-refractivity contribution >= 4 is 46.4 Å². The van der Waals surface area contributed by atoms with Gasteiger partial charge in [-0.05, 0) is 6.42 Å². The Bertz CT molecular complexity index is 168. The molecule has 1 fully saturated rings. The lowest BCUT2D eigenvalue weighted by Crippen LogP contribution is -2.39. The van der Waals surface area contributed by atoms with Gasteiger partial charge in [-0.15, -0.1) is 46.4 Å². The zero-order valence-corrected chi connectivity index (χ0v) is 8.76. The van der Waals surface area contributed by atoms with Crippen molar-refractivity contribution in [1.82, 2.24) is 0 Å². The van der Waals surface area contributed by atoms with Crippen LogP contribution in [0.5, 0.6) is 0 Å². The molecule has 1 saturated carbocycles. The summed E-state index contributed by atoms with van der Waals surface area (Å²) in [7, 11) is 0. The molecule has 4 heteroatoms. The molecule has 1 rings (SSSR count). The number of halogens is 4. The summed E-state index contributed by atoms with van der Waals surface area (Å²) in [5, 5.41) is -0.941. The average molecular weight is 234 g/mol. The van der Waals surface area contributed by atoms with Crippen molar-refractivity contribution in [3.8, 4) is 0 Å². The van der Waals surface area contributed by atoms with E-state index in [9.17, 15) is 0 Å². The van der Waals surface area contributed by atoms with Crippen LogP contribution in [0.25, 0.3) is 0 Å². The molecule has 1 aliphatic carbocycles. The Morgan fingerprint density at radius 3 is 2.18 bits per heavy atom. The molecule has 0 aromatic carbocycles. The van der Waals surface area contributed by atoms with Gasteiger partial charge in [0.2, 0.25) is 0 Å². The first-order chi connectivity index (χ1) is 5.04. The van der Waals surface area contributed by atoms with Crippen molar-refractivity contribution in [2.75, 3.05) is 0 Å². The van der Waals surface area contributed by atoms with Crippen molar-refractivity contribution in [2.45, 2.75) is 27.9 Å². The molecular formula is C7H8Cl4. The molecule has 64 valence electrons. The van der Waals surface area contributed by atoms with Gasteiger partial charge in [0.1, 0.15) is 0 Å². The van der Waals surface area contributed by atoms with E-state index < -0.39 is 0 Å². The molecule has 0 aliphatic heterocycles. The van der Waals surface area contributed by atoms with Gasteiger partial charge in [-0.3, -0.25) is 0 Å². The molecule has 0 heterocycles. The summed E-state index contributed by atoms with van der Waals surface area (Å²) < 4.78 is 0. The van der Waals surface area contributed by atoms with E-state index in [0.29, 0.717) is 6.42 Å². The molecule has 0 aromatic rings. The van der Waals surface area contributed by atoms with Gasteiger partial charge in [-0.2, -0.15) is 0 Å². The molecule has 0 bridgehead atoms. The Balaban J connectivity index is 2.70. The highest BCUT2D eigenvalue weighted by atomic mass is 35.5. The summed E-state index contributed by atoms with van der Waals surface area (Å²) >= 11 is 23.6. The summed E-state index contributed by atoms with van der Waals surface area (Å²) in [6.07, 6.45) is 0.660. The Labute approximate surface area is 86.4 Å². The van der Waals surface area contributed by atoms with E-state index in [0.717, 1.165) is 5.57 Å². The van der Waals surface area contributed by atoms with Crippen LogP contribution in [0.15, 0.2) is 12.2 Å². The molecule has 4 unspecified atom stereocenters. The zero-order valence-electron chi connectivity index (χ0n) is 5.74. The van der Waals surface area contributed by atoms with Crippen molar-refractivity contribution in [3.63, 3.8) is 0 Å². The van der Waals surface area contributed by atoms with Crippen LogP contribution in [0.4, 0.5) is 0 Å². The predicted molar refractivity (Wildman–Crippen MR) is 52.3 cm³/mol. The molecular weight excluding hydrogens is 226 g/mol. The van der Waals surface area contributed by atoms with Gasteiger partial charge in [0.15, 0.2) is 0 Å². The largest absolute Gasteiger partial charge is 0.121 e. The van der Waals surface area contributed by atoms with Crippen LogP contribution in [0.1, 0.15) is 6.42 Å². The Kier molecular flexibility index (Phi) is 3.39. The van der Waals surface area contributed by atoms with Crippen molar-refractivity contribution in [2.24, 2.45) is 0 Å². The number of rotatable bonds is 0. The molecule has 11 heavy (non-hydrogen) atoms. The van der Waals surface area contributed by atoms with E-state index in [1.54, 1.807) is 0 Å². The maximum atomic E-state index is 5.90. The third-order valence-corrected chi connectivity index (χ3v) is 4.27. The second-order valence-electron chi connectivity index (χ2n) is 2.67. The van der Waals surface area contributed by atoms with Gasteiger partial charge >= 0.3 is 0 Å². The predicted octanol–water partition coefficient (Wildman–Crippen LogP) is 3.38. The van der Waals surface area contributed by atoms with Gasteiger partial charge in [0, 0.05) is 0 Å². The monoisotopic (exact) mass is 232 g/mol. The SMILES string of the molecule is C=C1CC(Cl)C(Cl)C(Cl)C1Cl. The average Bonchev–Trinajstić information content (AvgIpc) is 1.97. The molecule has 0 saturated heterocycles. The Morgan fingerprint density at radius 1 is 1.09 bits per heavy atom. The first-order valence-corrected chi connectivity index (χ1v) is 5.02. The number of hydrogen-bond acceptors (Lipinski definition) is 0. The topological polar surface area (TPSA) is 0 Å². The number of alkyl halides is 4. The Hall–Kier alpha value is 0.900.